The number of carbonyl (C=O) groups is 1. The number of halogens is 1. The van der Waals surface area contributed by atoms with Crippen molar-refractivity contribution < 1.29 is 17.6 Å². The van der Waals surface area contributed by atoms with Crippen molar-refractivity contribution in [1.29, 1.82) is 0 Å². The van der Waals surface area contributed by atoms with E-state index in [-0.39, 0.29) is 11.6 Å². The molecule has 4 rings (SSSR count). The molecule has 0 saturated heterocycles. The maximum absolute atomic E-state index is 13.8. The Morgan fingerprint density at radius 3 is 2.52 bits per heavy atom. The molecule has 1 aliphatic carbocycles. The van der Waals surface area contributed by atoms with E-state index in [0.29, 0.717) is 11.3 Å². The molecule has 0 radical (unpaired) electrons. The molecule has 0 spiro atoms. The van der Waals surface area contributed by atoms with E-state index in [4.69, 9.17) is 0 Å². The van der Waals surface area contributed by atoms with E-state index >= 15 is 0 Å². The third-order valence-corrected chi connectivity index (χ3v) is 5.23. The first-order chi connectivity index (χ1) is 12.8. The van der Waals surface area contributed by atoms with Gasteiger partial charge in [0.15, 0.2) is 0 Å². The van der Waals surface area contributed by atoms with Gasteiger partial charge in [0.25, 0.3) is 5.91 Å². The van der Waals surface area contributed by atoms with Crippen LogP contribution in [-0.2, 0) is 22.9 Å². The topological polar surface area (TPSA) is 75.3 Å². The summed E-state index contributed by atoms with van der Waals surface area (Å²) in [5.41, 5.74) is 3.09. The van der Waals surface area contributed by atoms with Crippen LogP contribution in [0.15, 0.2) is 48.5 Å². The van der Waals surface area contributed by atoms with Crippen LogP contribution in [0.3, 0.4) is 0 Å². The predicted molar refractivity (Wildman–Crippen MR) is 104 cm³/mol. The first kappa shape index (κ1) is 17.5. The van der Waals surface area contributed by atoms with Crippen LogP contribution >= 0.6 is 0 Å². The molecule has 5 nitrogen and oxygen atoms in total. The van der Waals surface area contributed by atoms with Crippen LogP contribution in [0.25, 0.3) is 10.8 Å². The second-order valence-electron chi connectivity index (χ2n) is 6.63. The quantitative estimate of drug-likeness (QED) is 0.720. The fourth-order valence-corrected chi connectivity index (χ4v) is 4.08. The average Bonchev–Trinajstić information content (AvgIpc) is 3.02. The SMILES string of the molecule is CS(=O)(=O)Nc1cc(NC(=O)c2ccc3c4c(cccc24)CC3)ccc1F. The third-order valence-electron chi connectivity index (χ3n) is 4.64. The third kappa shape index (κ3) is 3.38. The van der Waals surface area contributed by atoms with Gasteiger partial charge in [0.2, 0.25) is 10.0 Å². The van der Waals surface area contributed by atoms with Crippen LogP contribution < -0.4 is 10.0 Å². The Kier molecular flexibility index (Phi) is 4.11. The van der Waals surface area contributed by atoms with E-state index in [2.05, 4.69) is 16.1 Å². The smallest absolute Gasteiger partial charge is 0.256 e. The molecular formula is C20H17FN2O3S. The van der Waals surface area contributed by atoms with Gasteiger partial charge in [-0.1, -0.05) is 24.3 Å². The summed E-state index contributed by atoms with van der Waals surface area (Å²) in [5, 5.41) is 4.74. The van der Waals surface area contributed by atoms with E-state index < -0.39 is 15.8 Å². The zero-order valence-electron chi connectivity index (χ0n) is 14.5. The fraction of sp³-hybridized carbons (Fsp3) is 0.150. The van der Waals surface area contributed by atoms with Crippen molar-refractivity contribution in [3.63, 3.8) is 0 Å². The molecule has 0 aliphatic heterocycles. The molecule has 27 heavy (non-hydrogen) atoms. The minimum atomic E-state index is -3.63. The highest BCUT2D eigenvalue weighted by atomic mass is 32.2. The number of hydrogen-bond acceptors (Lipinski definition) is 3. The second-order valence-corrected chi connectivity index (χ2v) is 8.38. The van der Waals surface area contributed by atoms with Gasteiger partial charge in [0.05, 0.1) is 11.9 Å². The summed E-state index contributed by atoms with van der Waals surface area (Å²) in [4.78, 5) is 12.8. The molecule has 7 heteroatoms. The Morgan fingerprint density at radius 2 is 1.78 bits per heavy atom. The van der Waals surface area contributed by atoms with Crippen molar-refractivity contribution in [1.82, 2.24) is 0 Å². The molecule has 138 valence electrons. The van der Waals surface area contributed by atoms with Crippen LogP contribution in [-0.4, -0.2) is 20.6 Å². The Morgan fingerprint density at radius 1 is 1.04 bits per heavy atom. The van der Waals surface area contributed by atoms with Gasteiger partial charge in [0.1, 0.15) is 5.82 Å². The Hall–Kier alpha value is -2.93. The summed E-state index contributed by atoms with van der Waals surface area (Å²) < 4.78 is 38.6. The Balaban J connectivity index is 1.68. The first-order valence-electron chi connectivity index (χ1n) is 8.44. The van der Waals surface area contributed by atoms with Gasteiger partial charge in [-0.15, -0.1) is 0 Å². The maximum Gasteiger partial charge on any atom is 0.256 e. The molecule has 0 fully saturated rings. The van der Waals surface area contributed by atoms with Gasteiger partial charge in [0, 0.05) is 11.3 Å². The van der Waals surface area contributed by atoms with Gasteiger partial charge < -0.3 is 5.32 Å². The standard InChI is InChI=1S/C20H17FN2O3S/c1-27(25,26)23-18-11-14(8-10-17(18)21)22-20(24)16-9-7-13-6-5-12-3-2-4-15(16)19(12)13/h2-4,7-11,23H,5-6H2,1H3,(H,22,24). The van der Waals surface area contributed by atoms with Crippen LogP contribution in [0.1, 0.15) is 21.5 Å². The average molecular weight is 384 g/mol. The van der Waals surface area contributed by atoms with Crippen molar-refractivity contribution in [2.45, 2.75) is 12.8 Å². The number of anilines is 2. The van der Waals surface area contributed by atoms with Crippen molar-refractivity contribution in [2.75, 3.05) is 16.3 Å². The zero-order valence-corrected chi connectivity index (χ0v) is 15.4. The van der Waals surface area contributed by atoms with Crippen LogP contribution in [0.4, 0.5) is 15.8 Å². The molecule has 2 N–H and O–H groups in total. The lowest BCUT2D eigenvalue weighted by Gasteiger charge is -2.12. The summed E-state index contributed by atoms with van der Waals surface area (Å²) in [5.74, 6) is -1.05. The van der Waals surface area contributed by atoms with E-state index in [9.17, 15) is 17.6 Å². The molecule has 0 atom stereocenters. The Bertz CT molecular complexity index is 1180. The number of benzene rings is 3. The van der Waals surface area contributed by atoms with Crippen LogP contribution in [0.2, 0.25) is 0 Å². The first-order valence-corrected chi connectivity index (χ1v) is 10.3. The van der Waals surface area contributed by atoms with E-state index in [0.717, 1.165) is 35.9 Å². The molecule has 0 unspecified atom stereocenters. The molecule has 0 saturated carbocycles. The summed E-state index contributed by atoms with van der Waals surface area (Å²) in [6, 6.07) is 13.4. The summed E-state index contributed by atoms with van der Waals surface area (Å²) in [7, 11) is -3.63. The van der Waals surface area contributed by atoms with Crippen molar-refractivity contribution in [3.8, 4) is 0 Å². The van der Waals surface area contributed by atoms with Gasteiger partial charge >= 0.3 is 0 Å². The second kappa shape index (κ2) is 6.35. The summed E-state index contributed by atoms with van der Waals surface area (Å²) in [6.07, 6.45) is 2.87. The number of rotatable bonds is 4. The number of aryl methyl sites for hydroxylation is 2. The van der Waals surface area contributed by atoms with Gasteiger partial charge in [-0.05, 0) is 59.0 Å². The molecule has 1 amide bonds. The number of amides is 1. The van der Waals surface area contributed by atoms with Crippen molar-refractivity contribution in [3.05, 3.63) is 71.0 Å². The van der Waals surface area contributed by atoms with Crippen LogP contribution in [0, 0.1) is 5.82 Å². The number of hydrogen-bond donors (Lipinski definition) is 2. The van der Waals surface area contributed by atoms with Crippen molar-refractivity contribution in [2.24, 2.45) is 0 Å². The van der Waals surface area contributed by atoms with Gasteiger partial charge in [-0.3, -0.25) is 9.52 Å². The molecule has 0 aromatic heterocycles. The molecule has 3 aromatic carbocycles. The molecular weight excluding hydrogens is 367 g/mol. The highest BCUT2D eigenvalue weighted by molar-refractivity contribution is 7.92. The fourth-order valence-electron chi connectivity index (χ4n) is 3.52. The molecule has 3 aromatic rings. The van der Waals surface area contributed by atoms with E-state index in [1.807, 2.05) is 18.2 Å². The minimum Gasteiger partial charge on any atom is -0.322 e. The largest absolute Gasteiger partial charge is 0.322 e. The number of nitrogens with one attached hydrogen (secondary N) is 2. The van der Waals surface area contributed by atoms with Crippen LogP contribution in [0.5, 0.6) is 0 Å². The number of carbonyl (C=O) groups excluding carboxylic acids is 1. The van der Waals surface area contributed by atoms with Gasteiger partial charge in [-0.25, -0.2) is 12.8 Å². The predicted octanol–water partition coefficient (Wildman–Crippen LogP) is 3.70. The summed E-state index contributed by atoms with van der Waals surface area (Å²) >= 11 is 0. The van der Waals surface area contributed by atoms with E-state index in [1.54, 1.807) is 6.07 Å². The number of sulfonamides is 1. The lowest BCUT2D eigenvalue weighted by Crippen LogP contribution is -2.14. The molecule has 0 bridgehead atoms. The Labute approximate surface area is 156 Å². The lowest BCUT2D eigenvalue weighted by atomic mass is 9.99. The van der Waals surface area contributed by atoms with E-state index in [1.165, 1.54) is 23.3 Å². The summed E-state index contributed by atoms with van der Waals surface area (Å²) in [6.45, 7) is 0. The molecule has 0 heterocycles. The monoisotopic (exact) mass is 384 g/mol. The maximum atomic E-state index is 13.8. The highest BCUT2D eigenvalue weighted by Crippen LogP contribution is 2.33. The highest BCUT2D eigenvalue weighted by Gasteiger charge is 2.19. The van der Waals surface area contributed by atoms with Crippen molar-refractivity contribution >= 4 is 38.1 Å². The lowest BCUT2D eigenvalue weighted by molar-refractivity contribution is 0.102. The minimum absolute atomic E-state index is 0.212. The zero-order chi connectivity index (χ0) is 19.2. The van der Waals surface area contributed by atoms with Gasteiger partial charge in [-0.2, -0.15) is 0 Å². The molecule has 1 aliphatic rings. The normalized spacial score (nSPS) is 13.0.